The fourth-order valence-corrected chi connectivity index (χ4v) is 10.7. The van der Waals surface area contributed by atoms with Crippen LogP contribution in [-0.2, 0) is 28.6 Å². The molecule has 0 N–H and O–H groups in total. The highest BCUT2D eigenvalue weighted by atomic mass is 16.6. The molecule has 0 saturated heterocycles. The third kappa shape index (κ3) is 64.6. The summed E-state index contributed by atoms with van der Waals surface area (Å²) < 4.78 is 16.9. The number of hydrogen-bond donors (Lipinski definition) is 0. The van der Waals surface area contributed by atoms with Gasteiger partial charge in [-0.15, -0.1) is 0 Å². The van der Waals surface area contributed by atoms with Gasteiger partial charge >= 0.3 is 17.9 Å². The lowest BCUT2D eigenvalue weighted by atomic mass is 10.0. The number of esters is 3. The van der Waals surface area contributed by atoms with Gasteiger partial charge in [-0.3, -0.25) is 14.4 Å². The molecule has 0 aliphatic heterocycles. The van der Waals surface area contributed by atoms with Crippen LogP contribution in [0.25, 0.3) is 0 Å². The first-order chi connectivity index (χ1) is 38.0. The summed E-state index contributed by atoms with van der Waals surface area (Å²) in [5, 5.41) is 0. The molecular formula is C71H134O6. The van der Waals surface area contributed by atoms with Gasteiger partial charge in [0.25, 0.3) is 0 Å². The van der Waals surface area contributed by atoms with Crippen molar-refractivity contribution >= 4 is 17.9 Å². The van der Waals surface area contributed by atoms with Gasteiger partial charge in [-0.1, -0.05) is 347 Å². The smallest absolute Gasteiger partial charge is 0.306 e. The molecule has 0 aliphatic carbocycles. The van der Waals surface area contributed by atoms with E-state index in [1.54, 1.807) is 0 Å². The molecule has 0 aromatic rings. The fourth-order valence-electron chi connectivity index (χ4n) is 10.7. The first kappa shape index (κ1) is 74.9. The van der Waals surface area contributed by atoms with E-state index in [0.717, 1.165) is 64.2 Å². The Labute approximate surface area is 481 Å². The second-order valence-corrected chi connectivity index (χ2v) is 23.8. The number of hydrogen-bond acceptors (Lipinski definition) is 6. The Morgan fingerprint density at radius 3 is 0.714 bits per heavy atom. The van der Waals surface area contributed by atoms with Gasteiger partial charge in [-0.05, 0) is 51.4 Å². The van der Waals surface area contributed by atoms with Crippen molar-refractivity contribution < 1.29 is 28.6 Å². The van der Waals surface area contributed by atoms with Gasteiger partial charge < -0.3 is 14.2 Å². The summed E-state index contributed by atoms with van der Waals surface area (Å²) in [4.78, 5) is 38.2. The van der Waals surface area contributed by atoms with Crippen molar-refractivity contribution in [3.05, 3.63) is 24.3 Å². The minimum Gasteiger partial charge on any atom is -0.462 e. The molecule has 0 amide bonds. The van der Waals surface area contributed by atoms with Crippen LogP contribution in [0.5, 0.6) is 0 Å². The fraction of sp³-hybridized carbons (Fsp3) is 0.901. The molecule has 0 radical (unpaired) electrons. The van der Waals surface area contributed by atoms with E-state index in [1.165, 1.54) is 289 Å². The molecule has 6 nitrogen and oxygen atoms in total. The summed E-state index contributed by atoms with van der Waals surface area (Å²) in [6.45, 7) is 6.69. The van der Waals surface area contributed by atoms with Gasteiger partial charge in [0, 0.05) is 19.3 Å². The maximum Gasteiger partial charge on any atom is 0.306 e. The Morgan fingerprint density at radius 2 is 0.468 bits per heavy atom. The van der Waals surface area contributed by atoms with Gasteiger partial charge in [0.2, 0.25) is 0 Å². The van der Waals surface area contributed by atoms with Crippen LogP contribution in [0.3, 0.4) is 0 Å². The van der Waals surface area contributed by atoms with Gasteiger partial charge in [-0.25, -0.2) is 0 Å². The first-order valence-corrected chi connectivity index (χ1v) is 34.8. The van der Waals surface area contributed by atoms with Crippen molar-refractivity contribution in [2.75, 3.05) is 13.2 Å². The van der Waals surface area contributed by atoms with Crippen LogP contribution in [0.4, 0.5) is 0 Å². The van der Waals surface area contributed by atoms with Gasteiger partial charge in [0.05, 0.1) is 0 Å². The maximum atomic E-state index is 12.9. The zero-order chi connectivity index (χ0) is 55.7. The normalized spacial score (nSPS) is 12.1. The van der Waals surface area contributed by atoms with Crippen LogP contribution in [0.2, 0.25) is 0 Å². The Kier molecular flexibility index (Phi) is 64.6. The predicted octanol–water partition coefficient (Wildman–Crippen LogP) is 23.8. The van der Waals surface area contributed by atoms with E-state index >= 15 is 0 Å². The quantitative estimate of drug-likeness (QED) is 0.0261. The molecule has 0 bridgehead atoms. The minimum atomic E-state index is -0.764. The highest BCUT2D eigenvalue weighted by Gasteiger charge is 2.19. The average molecular weight is 1080 g/mol. The van der Waals surface area contributed by atoms with E-state index in [0.29, 0.717) is 19.3 Å². The number of carbonyl (C=O) groups is 3. The molecule has 0 aromatic carbocycles. The molecule has 0 saturated carbocycles. The molecule has 0 fully saturated rings. The lowest BCUT2D eigenvalue weighted by molar-refractivity contribution is -0.167. The topological polar surface area (TPSA) is 78.9 Å². The lowest BCUT2D eigenvalue weighted by Gasteiger charge is -2.18. The predicted molar refractivity (Wildman–Crippen MR) is 335 cm³/mol. The first-order valence-electron chi connectivity index (χ1n) is 34.8. The summed E-state index contributed by atoms with van der Waals surface area (Å²) in [7, 11) is 0. The van der Waals surface area contributed by atoms with Crippen LogP contribution in [0.15, 0.2) is 24.3 Å². The van der Waals surface area contributed by atoms with Crippen LogP contribution in [0.1, 0.15) is 393 Å². The number of carbonyl (C=O) groups excluding carboxylic acids is 3. The Balaban J connectivity index is 4.05. The molecule has 0 heterocycles. The summed E-state index contributed by atoms with van der Waals surface area (Å²) in [5.41, 5.74) is 0. The van der Waals surface area contributed by atoms with Gasteiger partial charge in [0.15, 0.2) is 6.10 Å². The summed E-state index contributed by atoms with van der Waals surface area (Å²) >= 11 is 0. The SMILES string of the molecule is CCCCCCC/C=C\C/C=C\CCCCCCCCCCCCCCCCCCCCCC(=O)OCC(COC(=O)CCCCCCCCCCC)OC(=O)CCCCCCCCCCCCCCCCCCCCC. The second-order valence-electron chi connectivity index (χ2n) is 23.8. The van der Waals surface area contributed by atoms with Crippen LogP contribution >= 0.6 is 0 Å². The third-order valence-electron chi connectivity index (χ3n) is 16.0. The van der Waals surface area contributed by atoms with Crippen molar-refractivity contribution in [1.82, 2.24) is 0 Å². The molecule has 77 heavy (non-hydrogen) atoms. The zero-order valence-electron chi connectivity index (χ0n) is 52.3. The monoisotopic (exact) mass is 1080 g/mol. The van der Waals surface area contributed by atoms with Gasteiger partial charge in [-0.2, -0.15) is 0 Å². The highest BCUT2D eigenvalue weighted by Crippen LogP contribution is 2.19. The van der Waals surface area contributed by atoms with E-state index in [-0.39, 0.29) is 31.1 Å². The molecule has 1 atom stereocenters. The lowest BCUT2D eigenvalue weighted by Crippen LogP contribution is -2.30. The zero-order valence-corrected chi connectivity index (χ0v) is 52.3. The highest BCUT2D eigenvalue weighted by molar-refractivity contribution is 5.71. The van der Waals surface area contributed by atoms with Crippen LogP contribution < -0.4 is 0 Å². The van der Waals surface area contributed by atoms with Crippen LogP contribution in [0, 0.1) is 0 Å². The summed E-state index contributed by atoms with van der Waals surface area (Å²) in [6.07, 6.45) is 80.8. The molecule has 0 rings (SSSR count). The Hall–Kier alpha value is -2.11. The van der Waals surface area contributed by atoms with E-state index < -0.39 is 6.10 Å². The molecule has 6 heteroatoms. The Bertz CT molecular complexity index is 1240. The molecule has 1 unspecified atom stereocenters. The average Bonchev–Trinajstić information content (AvgIpc) is 3.43. The molecular weight excluding hydrogens is 949 g/mol. The summed E-state index contributed by atoms with van der Waals surface area (Å²) in [6, 6.07) is 0. The number of allylic oxidation sites excluding steroid dienone is 4. The number of unbranched alkanes of at least 4 members (excludes halogenated alkanes) is 50. The molecule has 0 aliphatic rings. The third-order valence-corrected chi connectivity index (χ3v) is 16.0. The van der Waals surface area contributed by atoms with E-state index in [2.05, 4.69) is 45.1 Å². The standard InChI is InChI=1S/C71H134O6/c1-4-7-10-13-16-19-21-23-25-27-29-30-31-32-33-34-35-36-37-38-39-40-42-43-45-47-49-52-55-58-61-64-70(73)76-67-68(66-75-69(72)63-60-57-54-51-18-15-12-9-6-3)77-71(74)65-62-59-56-53-50-48-46-44-41-28-26-24-22-20-17-14-11-8-5-2/h21,23,27,29,68H,4-20,22,24-26,28,30-67H2,1-3H3/b23-21-,29-27-. The van der Waals surface area contributed by atoms with Crippen molar-refractivity contribution in [2.45, 2.75) is 399 Å². The van der Waals surface area contributed by atoms with Crippen LogP contribution in [-0.4, -0.2) is 37.2 Å². The molecule has 0 spiro atoms. The summed E-state index contributed by atoms with van der Waals surface area (Å²) in [5.74, 6) is -0.835. The van der Waals surface area contributed by atoms with E-state index in [9.17, 15) is 14.4 Å². The maximum absolute atomic E-state index is 12.9. The molecule has 454 valence electrons. The van der Waals surface area contributed by atoms with Crippen molar-refractivity contribution in [3.63, 3.8) is 0 Å². The number of ether oxygens (including phenoxy) is 3. The van der Waals surface area contributed by atoms with Crippen molar-refractivity contribution in [2.24, 2.45) is 0 Å². The van der Waals surface area contributed by atoms with Crippen molar-refractivity contribution in [3.8, 4) is 0 Å². The number of rotatable bonds is 65. The molecule has 0 aromatic heterocycles. The second kappa shape index (κ2) is 66.4. The largest absolute Gasteiger partial charge is 0.462 e. The van der Waals surface area contributed by atoms with E-state index in [1.807, 2.05) is 0 Å². The van der Waals surface area contributed by atoms with Crippen molar-refractivity contribution in [1.29, 1.82) is 0 Å². The minimum absolute atomic E-state index is 0.0636. The Morgan fingerprint density at radius 1 is 0.260 bits per heavy atom. The van der Waals surface area contributed by atoms with E-state index in [4.69, 9.17) is 14.2 Å². The van der Waals surface area contributed by atoms with Gasteiger partial charge in [0.1, 0.15) is 13.2 Å².